The molecule has 0 aromatic rings. The fourth-order valence-electron chi connectivity index (χ4n) is 3.28. The quantitative estimate of drug-likeness (QED) is 0.661. The smallest absolute Gasteiger partial charge is 0.314 e. The van der Waals surface area contributed by atoms with Crippen molar-refractivity contribution < 1.29 is 14.3 Å². The summed E-state index contributed by atoms with van der Waals surface area (Å²) in [6, 6.07) is 0. The van der Waals surface area contributed by atoms with Gasteiger partial charge in [-0.05, 0) is 24.2 Å². The molecule has 0 radical (unpaired) electrons. The molecule has 1 saturated heterocycles. The van der Waals surface area contributed by atoms with Crippen LogP contribution < -0.4 is 0 Å². The van der Waals surface area contributed by atoms with Gasteiger partial charge in [0.25, 0.3) is 0 Å². The van der Waals surface area contributed by atoms with Crippen molar-refractivity contribution in [3.63, 3.8) is 0 Å². The third-order valence-corrected chi connectivity index (χ3v) is 5.19. The van der Waals surface area contributed by atoms with E-state index in [1.807, 2.05) is 0 Å². The molecule has 3 heteroatoms. The molecule has 3 unspecified atom stereocenters. The lowest BCUT2D eigenvalue weighted by molar-refractivity contribution is -0.158. The molecule has 3 nitrogen and oxygen atoms in total. The molecule has 0 bridgehead atoms. The summed E-state index contributed by atoms with van der Waals surface area (Å²) in [7, 11) is 1.50. The number of hydrogen-bond acceptors (Lipinski definition) is 3. The zero-order chi connectivity index (χ0) is 15.4. The van der Waals surface area contributed by atoms with Crippen molar-refractivity contribution in [3.8, 4) is 0 Å². The van der Waals surface area contributed by atoms with Crippen molar-refractivity contribution >= 4 is 5.97 Å². The summed E-state index contributed by atoms with van der Waals surface area (Å²) in [5, 5.41) is 0. The average Bonchev–Trinajstić information content (AvgIpc) is 2.80. The molecule has 3 atom stereocenters. The minimum absolute atomic E-state index is 0.0789. The molecule has 118 valence electrons. The summed E-state index contributed by atoms with van der Waals surface area (Å²) in [6.45, 7) is 12.3. The van der Waals surface area contributed by atoms with E-state index in [0.29, 0.717) is 19.1 Å². The molecule has 0 amide bonds. The molecule has 20 heavy (non-hydrogen) atoms. The topological polar surface area (TPSA) is 35.5 Å². The third-order valence-electron chi connectivity index (χ3n) is 5.19. The Morgan fingerprint density at radius 3 is 2.60 bits per heavy atom. The van der Waals surface area contributed by atoms with Gasteiger partial charge in [0.1, 0.15) is 0 Å². The number of rotatable bonds is 7. The third kappa shape index (κ3) is 3.75. The van der Waals surface area contributed by atoms with E-state index in [0.717, 1.165) is 25.7 Å². The maximum absolute atomic E-state index is 12.5. The molecular formula is C17H32O3. The van der Waals surface area contributed by atoms with Crippen LogP contribution in [-0.4, -0.2) is 26.3 Å². The minimum Gasteiger partial charge on any atom is -0.469 e. The van der Waals surface area contributed by atoms with Crippen LogP contribution in [0.1, 0.15) is 60.3 Å². The van der Waals surface area contributed by atoms with Gasteiger partial charge in [0, 0.05) is 5.92 Å². The second kappa shape index (κ2) is 6.93. The Labute approximate surface area is 124 Å². The Morgan fingerprint density at radius 2 is 2.10 bits per heavy atom. The van der Waals surface area contributed by atoms with E-state index in [9.17, 15) is 4.79 Å². The zero-order valence-corrected chi connectivity index (χ0v) is 14.1. The van der Waals surface area contributed by atoms with E-state index >= 15 is 0 Å². The fraction of sp³-hybridized carbons (Fsp3) is 0.941. The van der Waals surface area contributed by atoms with Gasteiger partial charge in [-0.25, -0.2) is 0 Å². The Balaban J connectivity index is 3.00. The molecule has 0 aromatic carbocycles. The minimum atomic E-state index is -0.447. The molecule has 1 aliphatic heterocycles. The van der Waals surface area contributed by atoms with Crippen LogP contribution in [0.4, 0.5) is 0 Å². The van der Waals surface area contributed by atoms with E-state index in [-0.39, 0.29) is 17.3 Å². The van der Waals surface area contributed by atoms with Crippen LogP contribution in [0.2, 0.25) is 0 Å². The summed E-state index contributed by atoms with van der Waals surface area (Å²) in [5.41, 5.74) is -0.312. The first-order valence-electron chi connectivity index (χ1n) is 7.97. The van der Waals surface area contributed by atoms with Crippen molar-refractivity contribution in [2.24, 2.45) is 22.7 Å². The summed E-state index contributed by atoms with van der Waals surface area (Å²) >= 11 is 0. The summed E-state index contributed by atoms with van der Waals surface area (Å²) in [6.07, 6.45) is 4.10. The van der Waals surface area contributed by atoms with Gasteiger partial charge >= 0.3 is 5.97 Å². The van der Waals surface area contributed by atoms with Crippen molar-refractivity contribution in [3.05, 3.63) is 0 Å². The number of ether oxygens (including phenoxy) is 2. The van der Waals surface area contributed by atoms with Crippen LogP contribution in [0, 0.1) is 22.7 Å². The number of carbonyl (C=O) groups is 1. The second-order valence-electron chi connectivity index (χ2n) is 7.30. The molecule has 1 heterocycles. The van der Waals surface area contributed by atoms with E-state index in [4.69, 9.17) is 9.47 Å². The van der Waals surface area contributed by atoms with Crippen molar-refractivity contribution in [1.82, 2.24) is 0 Å². The largest absolute Gasteiger partial charge is 0.469 e. The van der Waals surface area contributed by atoms with Gasteiger partial charge in [0.05, 0.1) is 25.7 Å². The van der Waals surface area contributed by atoms with Crippen LogP contribution >= 0.6 is 0 Å². The van der Waals surface area contributed by atoms with Crippen LogP contribution in [-0.2, 0) is 14.3 Å². The van der Waals surface area contributed by atoms with Gasteiger partial charge in [0.2, 0.25) is 0 Å². The second-order valence-corrected chi connectivity index (χ2v) is 7.30. The first-order chi connectivity index (χ1) is 9.31. The fourth-order valence-corrected chi connectivity index (χ4v) is 3.28. The van der Waals surface area contributed by atoms with Crippen LogP contribution in [0.3, 0.4) is 0 Å². The van der Waals surface area contributed by atoms with Crippen LogP contribution in [0.5, 0.6) is 0 Å². The van der Waals surface area contributed by atoms with Crippen molar-refractivity contribution in [1.29, 1.82) is 0 Å². The summed E-state index contributed by atoms with van der Waals surface area (Å²) in [4.78, 5) is 12.5. The molecule has 0 aliphatic carbocycles. The van der Waals surface area contributed by atoms with Crippen LogP contribution in [0.15, 0.2) is 0 Å². The lowest BCUT2D eigenvalue weighted by Gasteiger charge is -2.38. The van der Waals surface area contributed by atoms with Gasteiger partial charge in [-0.3, -0.25) is 4.79 Å². The van der Waals surface area contributed by atoms with Gasteiger partial charge in [-0.1, -0.05) is 47.5 Å². The highest BCUT2D eigenvalue weighted by molar-refractivity contribution is 5.77. The SMILES string of the molecule is CCC(C)CC1COCC1(CC(C)(C)CC)C(=O)OC. The lowest BCUT2D eigenvalue weighted by atomic mass is 9.65. The Morgan fingerprint density at radius 1 is 1.45 bits per heavy atom. The predicted octanol–water partition coefficient (Wildman–Crippen LogP) is 4.05. The standard InChI is InChI=1S/C17H32O3/c1-7-13(3)9-14-10-20-12-17(14,15(18)19-6)11-16(4,5)8-2/h13-14H,7-12H2,1-6H3. The van der Waals surface area contributed by atoms with Gasteiger partial charge < -0.3 is 9.47 Å². The van der Waals surface area contributed by atoms with E-state index < -0.39 is 5.41 Å². The first-order valence-corrected chi connectivity index (χ1v) is 7.97. The maximum Gasteiger partial charge on any atom is 0.314 e. The Hall–Kier alpha value is -0.570. The van der Waals surface area contributed by atoms with Gasteiger partial charge in [0.15, 0.2) is 0 Å². The highest BCUT2D eigenvalue weighted by Gasteiger charge is 2.53. The molecule has 0 spiro atoms. The Bertz CT molecular complexity index is 324. The van der Waals surface area contributed by atoms with Crippen LogP contribution in [0.25, 0.3) is 0 Å². The first kappa shape index (κ1) is 17.5. The molecule has 1 fully saturated rings. The molecule has 1 rings (SSSR count). The molecule has 0 saturated carbocycles. The Kier molecular flexibility index (Phi) is 6.06. The highest BCUT2D eigenvalue weighted by atomic mass is 16.5. The molecule has 1 aliphatic rings. The number of esters is 1. The van der Waals surface area contributed by atoms with E-state index in [1.165, 1.54) is 7.11 Å². The van der Waals surface area contributed by atoms with Gasteiger partial charge in [-0.15, -0.1) is 0 Å². The van der Waals surface area contributed by atoms with Crippen molar-refractivity contribution in [2.75, 3.05) is 20.3 Å². The number of hydrogen-bond donors (Lipinski definition) is 0. The van der Waals surface area contributed by atoms with E-state index in [2.05, 4.69) is 34.6 Å². The number of carbonyl (C=O) groups excluding carboxylic acids is 1. The highest BCUT2D eigenvalue weighted by Crippen LogP contribution is 2.48. The zero-order valence-electron chi connectivity index (χ0n) is 14.1. The van der Waals surface area contributed by atoms with Gasteiger partial charge in [-0.2, -0.15) is 0 Å². The summed E-state index contributed by atoms with van der Waals surface area (Å²) < 4.78 is 10.9. The lowest BCUT2D eigenvalue weighted by Crippen LogP contribution is -2.43. The average molecular weight is 284 g/mol. The predicted molar refractivity (Wildman–Crippen MR) is 81.5 cm³/mol. The maximum atomic E-state index is 12.5. The molecular weight excluding hydrogens is 252 g/mol. The summed E-state index contributed by atoms with van der Waals surface area (Å²) in [5.74, 6) is 0.830. The molecule has 0 N–H and O–H groups in total. The number of methoxy groups -OCH3 is 1. The van der Waals surface area contributed by atoms with E-state index in [1.54, 1.807) is 0 Å². The normalized spacial score (nSPS) is 28.4. The molecule has 0 aromatic heterocycles. The van der Waals surface area contributed by atoms with Crippen molar-refractivity contribution in [2.45, 2.75) is 60.3 Å². The monoisotopic (exact) mass is 284 g/mol.